The molecule has 17 heteroatoms. The summed E-state index contributed by atoms with van der Waals surface area (Å²) in [5.74, 6) is -23.1. The minimum Gasteiger partial charge on any atom is -0.633 e. The molecule has 0 aromatic carbocycles. The maximum absolute atomic E-state index is 13.4. The van der Waals surface area contributed by atoms with Crippen LogP contribution in [0.2, 0.25) is 0 Å². The van der Waals surface area contributed by atoms with Gasteiger partial charge in [-0.05, 0) is 0 Å². The number of quaternary nitrogens is 1. The summed E-state index contributed by atoms with van der Waals surface area (Å²) >= 11 is 0. The molecule has 0 aliphatic rings. The molecule has 164 valence electrons. The molecule has 0 atom stereocenters. The van der Waals surface area contributed by atoms with E-state index in [4.69, 9.17) is 0 Å². The van der Waals surface area contributed by atoms with Crippen molar-refractivity contribution in [1.82, 2.24) is 4.72 Å². The highest BCUT2D eigenvalue weighted by Gasteiger charge is 2.89. The summed E-state index contributed by atoms with van der Waals surface area (Å²) in [5, 5.41) is 4.07. The van der Waals surface area contributed by atoms with E-state index in [9.17, 15) is 61.9 Å². The summed E-state index contributed by atoms with van der Waals surface area (Å²) in [6, 6.07) is 0. The Balaban J connectivity index is 5.76. The molecule has 0 saturated carbocycles. The average Bonchev–Trinajstić information content (AvgIpc) is 2.40. The number of nitrogens with zero attached hydrogens (tertiary/aromatic N) is 1. The first-order valence-electron chi connectivity index (χ1n) is 6.57. The van der Waals surface area contributed by atoms with E-state index < -0.39 is 63.4 Å². The van der Waals surface area contributed by atoms with E-state index in [-0.39, 0.29) is 0 Å². The molecule has 0 amide bonds. The fourth-order valence-electron chi connectivity index (χ4n) is 1.48. The Kier molecular flexibility index (Phi) is 6.90. The number of alkyl halides is 11. The summed E-state index contributed by atoms with van der Waals surface area (Å²) in [5.41, 5.74) is 0. The largest absolute Gasteiger partial charge is 0.633 e. The lowest BCUT2D eigenvalue weighted by atomic mass is 10.0. The van der Waals surface area contributed by atoms with Gasteiger partial charge in [0.1, 0.15) is 0 Å². The van der Waals surface area contributed by atoms with Crippen LogP contribution < -0.4 is 4.72 Å². The predicted molar refractivity (Wildman–Crippen MR) is 67.7 cm³/mol. The number of nitrogens with one attached hydrogen (secondary N) is 1. The number of sulfonamides is 1. The lowest BCUT2D eigenvalue weighted by Crippen LogP contribution is -2.69. The van der Waals surface area contributed by atoms with Crippen LogP contribution in [0.5, 0.6) is 0 Å². The SMILES string of the molecule is C[N+](C)([O-])CCCNS(=O)(=O)C(F)(F)C(F)(F)C(F)(F)C(F)(F)C(F)(F)F. The Morgan fingerprint density at radius 1 is 0.815 bits per heavy atom. The second-order valence-electron chi connectivity index (χ2n) is 5.79. The molecular formula is C10H13F11N2O3S. The topological polar surface area (TPSA) is 69.2 Å². The van der Waals surface area contributed by atoms with Gasteiger partial charge in [-0.2, -0.15) is 48.3 Å². The lowest BCUT2D eigenvalue weighted by molar-refractivity contribution is -0.840. The van der Waals surface area contributed by atoms with Crippen LogP contribution >= 0.6 is 0 Å². The highest BCUT2D eigenvalue weighted by atomic mass is 32.2. The van der Waals surface area contributed by atoms with E-state index in [1.807, 2.05) is 0 Å². The fraction of sp³-hybridized carbons (Fsp3) is 1.00. The van der Waals surface area contributed by atoms with Crippen LogP contribution in [-0.4, -0.2) is 69.4 Å². The quantitative estimate of drug-likeness (QED) is 0.254. The molecule has 0 fully saturated rings. The molecule has 0 aliphatic carbocycles. The van der Waals surface area contributed by atoms with Crippen molar-refractivity contribution in [3.8, 4) is 0 Å². The number of rotatable bonds is 9. The Morgan fingerprint density at radius 2 is 1.22 bits per heavy atom. The molecule has 0 aromatic rings. The van der Waals surface area contributed by atoms with Gasteiger partial charge in [-0.15, -0.1) is 0 Å². The molecule has 0 radical (unpaired) electrons. The maximum Gasteiger partial charge on any atom is 0.460 e. The van der Waals surface area contributed by atoms with Crippen molar-refractivity contribution in [3.05, 3.63) is 5.21 Å². The number of hydrogen-bond donors (Lipinski definition) is 1. The van der Waals surface area contributed by atoms with Gasteiger partial charge in [-0.25, -0.2) is 13.1 Å². The molecule has 0 rings (SSSR count). The lowest BCUT2D eigenvalue weighted by Gasteiger charge is -2.36. The van der Waals surface area contributed by atoms with E-state index in [1.165, 1.54) is 0 Å². The van der Waals surface area contributed by atoms with Crippen LogP contribution in [-0.2, 0) is 10.0 Å². The Hall–Kier alpha value is -0.940. The van der Waals surface area contributed by atoms with E-state index in [0.717, 1.165) is 14.1 Å². The number of hydrogen-bond acceptors (Lipinski definition) is 3. The third kappa shape index (κ3) is 4.73. The minimum absolute atomic E-state index is 0.465. The van der Waals surface area contributed by atoms with Crippen molar-refractivity contribution < 1.29 is 61.4 Å². The second kappa shape index (κ2) is 7.14. The van der Waals surface area contributed by atoms with Crippen LogP contribution in [0.25, 0.3) is 0 Å². The van der Waals surface area contributed by atoms with Gasteiger partial charge in [0.15, 0.2) is 0 Å². The predicted octanol–water partition coefficient (Wildman–Crippen LogP) is 2.93. The summed E-state index contributed by atoms with van der Waals surface area (Å²) in [4.78, 5) is 0. The molecule has 0 heterocycles. The number of hydroxylamine groups is 3. The van der Waals surface area contributed by atoms with Crippen LogP contribution in [0, 0.1) is 5.21 Å². The van der Waals surface area contributed by atoms with Gasteiger partial charge in [0, 0.05) is 13.0 Å². The van der Waals surface area contributed by atoms with Crippen molar-refractivity contribution in [3.63, 3.8) is 0 Å². The third-order valence-corrected chi connectivity index (χ3v) is 4.53. The van der Waals surface area contributed by atoms with Gasteiger partial charge in [0.2, 0.25) is 0 Å². The summed E-state index contributed by atoms with van der Waals surface area (Å²) in [7, 11) is -4.83. The second-order valence-corrected chi connectivity index (χ2v) is 7.59. The van der Waals surface area contributed by atoms with E-state index in [2.05, 4.69) is 0 Å². The van der Waals surface area contributed by atoms with Gasteiger partial charge in [-0.1, -0.05) is 0 Å². The smallest absolute Gasteiger partial charge is 0.460 e. The third-order valence-electron chi connectivity index (χ3n) is 3.01. The Labute approximate surface area is 145 Å². The first kappa shape index (κ1) is 26.1. The van der Waals surface area contributed by atoms with E-state index in [1.54, 1.807) is 0 Å². The molecular weight excluding hydrogens is 437 g/mol. The molecule has 27 heavy (non-hydrogen) atoms. The zero-order valence-electron chi connectivity index (χ0n) is 13.4. The Morgan fingerprint density at radius 3 is 1.56 bits per heavy atom. The van der Waals surface area contributed by atoms with Crippen molar-refractivity contribution >= 4 is 10.0 Å². The molecule has 0 aliphatic heterocycles. The monoisotopic (exact) mass is 450 g/mol. The summed E-state index contributed by atoms with van der Waals surface area (Å²) in [6.07, 6.45) is -7.96. The summed E-state index contributed by atoms with van der Waals surface area (Å²) in [6.45, 7) is -1.65. The first-order valence-corrected chi connectivity index (χ1v) is 8.05. The van der Waals surface area contributed by atoms with Gasteiger partial charge < -0.3 is 9.85 Å². The van der Waals surface area contributed by atoms with Crippen LogP contribution in [0.1, 0.15) is 6.42 Å². The van der Waals surface area contributed by atoms with Gasteiger partial charge >= 0.3 is 29.2 Å². The van der Waals surface area contributed by atoms with Crippen LogP contribution in [0.3, 0.4) is 0 Å². The normalized spacial score (nSPS) is 15.9. The van der Waals surface area contributed by atoms with Crippen molar-refractivity contribution in [2.45, 2.75) is 35.6 Å². The number of halogens is 11. The zero-order chi connectivity index (χ0) is 22.3. The van der Waals surface area contributed by atoms with Crippen molar-refractivity contribution in [2.75, 3.05) is 27.2 Å². The molecule has 0 unspecified atom stereocenters. The standard InChI is InChI=1S/C10H13F11N2O3S/c1-23(2,24)5-3-4-22-27(25,26)10(20,21)8(15,16)6(11,12)7(13,14)9(17,18)19/h22H,3-5H2,1-2H3. The van der Waals surface area contributed by atoms with Crippen molar-refractivity contribution in [1.29, 1.82) is 0 Å². The maximum atomic E-state index is 13.4. The fourth-order valence-corrected chi connectivity index (χ4v) is 2.54. The van der Waals surface area contributed by atoms with Crippen molar-refractivity contribution in [2.24, 2.45) is 0 Å². The molecule has 0 bridgehead atoms. The van der Waals surface area contributed by atoms with Crippen LogP contribution in [0.4, 0.5) is 48.3 Å². The summed E-state index contributed by atoms with van der Waals surface area (Å²) < 4.78 is 162. The highest BCUT2D eigenvalue weighted by Crippen LogP contribution is 2.58. The molecule has 5 nitrogen and oxygen atoms in total. The van der Waals surface area contributed by atoms with Gasteiger partial charge in [-0.3, -0.25) is 0 Å². The molecule has 0 spiro atoms. The molecule has 0 aromatic heterocycles. The average molecular weight is 450 g/mol. The highest BCUT2D eigenvalue weighted by molar-refractivity contribution is 7.90. The van der Waals surface area contributed by atoms with Gasteiger partial charge in [0.05, 0.1) is 20.6 Å². The first-order chi connectivity index (χ1) is 11.5. The van der Waals surface area contributed by atoms with E-state index >= 15 is 0 Å². The molecule has 0 saturated heterocycles. The Bertz CT molecular complexity index is 625. The van der Waals surface area contributed by atoms with E-state index in [0.29, 0.717) is 4.72 Å². The zero-order valence-corrected chi connectivity index (χ0v) is 14.2. The van der Waals surface area contributed by atoms with Gasteiger partial charge in [0.25, 0.3) is 10.0 Å². The van der Waals surface area contributed by atoms with Crippen LogP contribution in [0.15, 0.2) is 0 Å². The minimum atomic E-state index is -7.82. The molecule has 1 N–H and O–H groups in total.